The Hall–Kier alpha value is -2.36. The lowest BCUT2D eigenvalue weighted by molar-refractivity contribution is -0.711. The average Bonchev–Trinajstić information content (AvgIpc) is 2.47. The van der Waals surface area contributed by atoms with Gasteiger partial charge in [-0.15, -0.1) is 0 Å². The fourth-order valence-electron chi connectivity index (χ4n) is 2.09. The van der Waals surface area contributed by atoms with Crippen molar-refractivity contribution in [3.63, 3.8) is 0 Å². The number of methoxy groups -OCH3 is 1. The Morgan fingerprint density at radius 2 is 1.90 bits per heavy atom. The summed E-state index contributed by atoms with van der Waals surface area (Å²) < 4.78 is 7.17. The predicted molar refractivity (Wildman–Crippen MR) is 77.7 cm³/mol. The van der Waals surface area contributed by atoms with E-state index in [1.165, 1.54) is 0 Å². The van der Waals surface area contributed by atoms with Gasteiger partial charge in [-0.3, -0.25) is 4.79 Å². The molecule has 0 aliphatic heterocycles. The van der Waals surface area contributed by atoms with Crippen LogP contribution in [0, 0.1) is 6.92 Å². The Kier molecular flexibility index (Phi) is 4.35. The summed E-state index contributed by atoms with van der Waals surface area (Å²) in [4.78, 5) is 12.3. The van der Waals surface area contributed by atoms with Crippen molar-refractivity contribution in [3.05, 3.63) is 54.4 Å². The van der Waals surface area contributed by atoms with Gasteiger partial charge < -0.3 is 10.1 Å². The summed E-state index contributed by atoms with van der Waals surface area (Å²) in [6.07, 6.45) is 1.90. The van der Waals surface area contributed by atoms with Crippen LogP contribution < -0.4 is 14.6 Å². The second-order valence-electron chi connectivity index (χ2n) is 4.61. The Bertz CT molecular complexity index is 611. The van der Waals surface area contributed by atoms with E-state index in [9.17, 15) is 4.79 Å². The van der Waals surface area contributed by atoms with Crippen LogP contribution in [0.3, 0.4) is 0 Å². The third-order valence-electron chi connectivity index (χ3n) is 3.26. The van der Waals surface area contributed by atoms with Gasteiger partial charge >= 0.3 is 0 Å². The minimum Gasteiger partial charge on any atom is -0.495 e. The molecule has 0 spiro atoms. The molecular formula is C16H19N2O2+. The fourth-order valence-corrected chi connectivity index (χ4v) is 2.09. The molecule has 0 unspecified atom stereocenters. The van der Waals surface area contributed by atoms with Crippen molar-refractivity contribution in [2.24, 2.45) is 0 Å². The normalized spacial score (nSPS) is 11.8. The summed E-state index contributed by atoms with van der Waals surface area (Å²) in [5, 5.41) is 2.90. The summed E-state index contributed by atoms with van der Waals surface area (Å²) in [6.45, 7) is 3.85. The number of carbonyl (C=O) groups excluding carboxylic acids is 1. The second kappa shape index (κ2) is 6.19. The number of carbonyl (C=O) groups is 1. The van der Waals surface area contributed by atoms with Crippen molar-refractivity contribution in [3.8, 4) is 5.75 Å². The smallest absolute Gasteiger partial charge is 0.293 e. The summed E-state index contributed by atoms with van der Waals surface area (Å²) in [7, 11) is 1.59. The molecule has 0 fully saturated rings. The first-order valence-electron chi connectivity index (χ1n) is 6.54. The van der Waals surface area contributed by atoms with Crippen LogP contribution in [-0.4, -0.2) is 13.0 Å². The molecule has 20 heavy (non-hydrogen) atoms. The Morgan fingerprint density at radius 1 is 1.20 bits per heavy atom. The van der Waals surface area contributed by atoms with E-state index in [0.717, 1.165) is 5.69 Å². The zero-order valence-corrected chi connectivity index (χ0v) is 12.0. The van der Waals surface area contributed by atoms with Crippen LogP contribution in [0.15, 0.2) is 48.7 Å². The number of aryl methyl sites for hydroxylation is 1. The van der Waals surface area contributed by atoms with Gasteiger partial charge in [-0.05, 0) is 12.1 Å². The number of ether oxygens (including phenoxy) is 1. The molecule has 0 aliphatic rings. The van der Waals surface area contributed by atoms with Crippen LogP contribution in [0.2, 0.25) is 0 Å². The molecule has 0 bridgehead atoms. The highest BCUT2D eigenvalue weighted by atomic mass is 16.5. The summed E-state index contributed by atoms with van der Waals surface area (Å²) in [5.41, 5.74) is 1.72. The van der Waals surface area contributed by atoms with E-state index in [2.05, 4.69) is 5.32 Å². The number of rotatable bonds is 4. The molecule has 1 amide bonds. The third-order valence-corrected chi connectivity index (χ3v) is 3.26. The fraction of sp³-hybridized carbons (Fsp3) is 0.250. The highest BCUT2D eigenvalue weighted by molar-refractivity contribution is 5.93. The van der Waals surface area contributed by atoms with Crippen LogP contribution in [0.25, 0.3) is 0 Å². The lowest BCUT2D eigenvalue weighted by atomic mass is 10.2. The van der Waals surface area contributed by atoms with E-state index < -0.39 is 0 Å². The van der Waals surface area contributed by atoms with Crippen LogP contribution in [0.1, 0.15) is 18.7 Å². The zero-order chi connectivity index (χ0) is 14.5. The molecule has 1 heterocycles. The van der Waals surface area contributed by atoms with E-state index >= 15 is 0 Å². The highest BCUT2D eigenvalue weighted by Crippen LogP contribution is 2.23. The summed E-state index contributed by atoms with van der Waals surface area (Å²) >= 11 is 0. The standard InChI is InChI=1S/C16H18N2O2/c1-12-8-6-7-11-18(12)13(2)16(19)17-14-9-4-5-10-15(14)20-3/h4-11,13H,1-3H3/p+1/t13-/m1/s1. The first-order valence-corrected chi connectivity index (χ1v) is 6.54. The van der Waals surface area contributed by atoms with Crippen LogP contribution in [0.4, 0.5) is 5.69 Å². The molecule has 0 radical (unpaired) electrons. The van der Waals surface area contributed by atoms with Gasteiger partial charge in [0.1, 0.15) is 5.75 Å². The molecule has 1 atom stereocenters. The molecule has 0 aliphatic carbocycles. The van der Waals surface area contributed by atoms with Crippen molar-refractivity contribution in [1.29, 1.82) is 0 Å². The van der Waals surface area contributed by atoms with Crippen molar-refractivity contribution in [2.45, 2.75) is 19.9 Å². The van der Waals surface area contributed by atoms with E-state index in [-0.39, 0.29) is 11.9 Å². The molecule has 104 valence electrons. The molecule has 4 nitrogen and oxygen atoms in total. The number of aromatic nitrogens is 1. The maximum Gasteiger partial charge on any atom is 0.293 e. The number of anilines is 1. The minimum absolute atomic E-state index is 0.0752. The van der Waals surface area contributed by atoms with Gasteiger partial charge in [0.15, 0.2) is 11.9 Å². The average molecular weight is 271 g/mol. The third kappa shape index (κ3) is 2.96. The second-order valence-corrected chi connectivity index (χ2v) is 4.61. The van der Waals surface area contributed by atoms with Gasteiger partial charge in [0.2, 0.25) is 6.04 Å². The minimum atomic E-state index is -0.291. The first kappa shape index (κ1) is 14.1. The van der Waals surface area contributed by atoms with Gasteiger partial charge in [-0.1, -0.05) is 18.2 Å². The van der Waals surface area contributed by atoms with Gasteiger partial charge in [-0.2, -0.15) is 4.57 Å². The highest BCUT2D eigenvalue weighted by Gasteiger charge is 2.24. The summed E-state index contributed by atoms with van der Waals surface area (Å²) in [6, 6.07) is 12.9. The van der Waals surface area contributed by atoms with Crippen LogP contribution in [-0.2, 0) is 4.79 Å². The number of amides is 1. The molecular weight excluding hydrogens is 252 g/mol. The van der Waals surface area contributed by atoms with Gasteiger partial charge in [0.25, 0.3) is 5.91 Å². The predicted octanol–water partition coefficient (Wildman–Crippen LogP) is 2.49. The molecule has 0 saturated carbocycles. The van der Waals surface area contributed by atoms with Crippen LogP contribution >= 0.6 is 0 Å². The number of hydrogen-bond donors (Lipinski definition) is 1. The van der Waals surface area contributed by atoms with E-state index in [1.54, 1.807) is 7.11 Å². The zero-order valence-electron chi connectivity index (χ0n) is 12.0. The molecule has 1 N–H and O–H groups in total. The maximum atomic E-state index is 12.3. The number of nitrogens with zero attached hydrogens (tertiary/aromatic N) is 1. The van der Waals surface area contributed by atoms with Gasteiger partial charge in [0, 0.05) is 26.0 Å². The Labute approximate surface area is 119 Å². The lowest BCUT2D eigenvalue weighted by Gasteiger charge is -2.12. The van der Waals surface area contributed by atoms with Crippen molar-refractivity contribution < 1.29 is 14.1 Å². The molecule has 2 rings (SSSR count). The number of pyridine rings is 1. The Balaban J connectivity index is 2.18. The SMILES string of the molecule is COc1ccccc1NC(=O)[C@@H](C)[n+]1ccccc1C. The molecule has 1 aromatic heterocycles. The molecule has 1 aromatic carbocycles. The first-order chi connectivity index (χ1) is 9.63. The van der Waals surface area contributed by atoms with Gasteiger partial charge in [-0.25, -0.2) is 0 Å². The topological polar surface area (TPSA) is 42.2 Å². The molecule has 2 aromatic rings. The quantitative estimate of drug-likeness (QED) is 0.868. The Morgan fingerprint density at radius 3 is 2.60 bits per heavy atom. The van der Waals surface area contributed by atoms with E-state index in [1.807, 2.05) is 67.1 Å². The summed E-state index contributed by atoms with van der Waals surface area (Å²) in [5.74, 6) is 0.580. The van der Waals surface area contributed by atoms with E-state index in [0.29, 0.717) is 11.4 Å². The van der Waals surface area contributed by atoms with Crippen molar-refractivity contribution in [1.82, 2.24) is 0 Å². The van der Waals surface area contributed by atoms with Crippen LogP contribution in [0.5, 0.6) is 5.75 Å². The molecule has 4 heteroatoms. The number of benzene rings is 1. The lowest BCUT2D eigenvalue weighted by Crippen LogP contribution is -2.46. The van der Waals surface area contributed by atoms with Crippen molar-refractivity contribution >= 4 is 11.6 Å². The van der Waals surface area contributed by atoms with E-state index in [4.69, 9.17) is 4.74 Å². The largest absolute Gasteiger partial charge is 0.495 e. The monoisotopic (exact) mass is 271 g/mol. The van der Waals surface area contributed by atoms with Gasteiger partial charge in [0.05, 0.1) is 12.8 Å². The number of hydrogen-bond acceptors (Lipinski definition) is 2. The maximum absolute atomic E-state index is 12.3. The number of para-hydroxylation sites is 2. The van der Waals surface area contributed by atoms with Crippen molar-refractivity contribution in [2.75, 3.05) is 12.4 Å². The molecule has 0 saturated heterocycles. The number of nitrogens with one attached hydrogen (secondary N) is 1.